The molecule has 0 amide bonds. The van der Waals surface area contributed by atoms with Gasteiger partial charge in [0.25, 0.3) is 0 Å². The average molecular weight is 256 g/mol. The fourth-order valence-corrected chi connectivity index (χ4v) is 3.18. The molecule has 18 heavy (non-hydrogen) atoms. The van der Waals surface area contributed by atoms with E-state index in [0.29, 0.717) is 12.0 Å². The van der Waals surface area contributed by atoms with Gasteiger partial charge in [0.15, 0.2) is 0 Å². The smallest absolute Gasteiger partial charge is 0.0613 e. The Balaban J connectivity index is 2.57. The van der Waals surface area contributed by atoms with Gasteiger partial charge in [-0.25, -0.2) is 0 Å². The molecule has 2 atom stereocenters. The third-order valence-corrected chi connectivity index (χ3v) is 4.15. The lowest BCUT2D eigenvalue weighted by Gasteiger charge is -2.44. The van der Waals surface area contributed by atoms with Gasteiger partial charge in [-0.3, -0.25) is 0 Å². The van der Waals surface area contributed by atoms with Crippen LogP contribution in [0.5, 0.6) is 0 Å². The molecule has 2 N–H and O–H groups in total. The first kappa shape index (κ1) is 15.9. The van der Waals surface area contributed by atoms with Crippen molar-refractivity contribution in [3.63, 3.8) is 0 Å². The van der Waals surface area contributed by atoms with Crippen LogP contribution in [0.3, 0.4) is 0 Å². The zero-order valence-electron chi connectivity index (χ0n) is 12.7. The summed E-state index contributed by atoms with van der Waals surface area (Å²) in [6, 6.07) is 0.623. The largest absolute Gasteiger partial charge is 0.394 e. The summed E-state index contributed by atoms with van der Waals surface area (Å²) >= 11 is 0. The summed E-state index contributed by atoms with van der Waals surface area (Å²) in [7, 11) is 2.23. The van der Waals surface area contributed by atoms with Gasteiger partial charge in [-0.2, -0.15) is 0 Å². The molecule has 1 aliphatic carbocycles. The van der Waals surface area contributed by atoms with E-state index in [0.717, 1.165) is 32.4 Å². The van der Waals surface area contributed by atoms with Crippen LogP contribution >= 0.6 is 0 Å². The van der Waals surface area contributed by atoms with Crippen molar-refractivity contribution in [2.24, 2.45) is 5.92 Å². The van der Waals surface area contributed by atoms with Crippen LogP contribution in [0.1, 0.15) is 52.9 Å². The molecule has 0 bridgehead atoms. The molecule has 3 nitrogen and oxygen atoms in total. The quantitative estimate of drug-likeness (QED) is 0.733. The van der Waals surface area contributed by atoms with Crippen molar-refractivity contribution in [1.82, 2.24) is 10.2 Å². The molecule has 0 aliphatic heterocycles. The lowest BCUT2D eigenvalue weighted by Crippen LogP contribution is -2.55. The summed E-state index contributed by atoms with van der Waals surface area (Å²) in [5, 5.41) is 13.4. The Morgan fingerprint density at radius 1 is 1.44 bits per heavy atom. The van der Waals surface area contributed by atoms with Crippen molar-refractivity contribution in [3.05, 3.63) is 0 Å². The van der Waals surface area contributed by atoms with Crippen molar-refractivity contribution in [3.8, 4) is 0 Å². The minimum atomic E-state index is -0.0236. The van der Waals surface area contributed by atoms with Crippen molar-refractivity contribution in [1.29, 1.82) is 0 Å². The van der Waals surface area contributed by atoms with Gasteiger partial charge in [-0.1, -0.05) is 20.8 Å². The van der Waals surface area contributed by atoms with Gasteiger partial charge in [-0.05, 0) is 51.6 Å². The van der Waals surface area contributed by atoms with Crippen molar-refractivity contribution in [2.45, 2.75) is 64.5 Å². The molecule has 0 aromatic rings. The molecular weight excluding hydrogens is 224 g/mol. The Labute approximate surface area is 113 Å². The summed E-state index contributed by atoms with van der Waals surface area (Å²) in [4.78, 5) is 2.49. The predicted molar refractivity (Wildman–Crippen MR) is 77.8 cm³/mol. The first-order valence-electron chi connectivity index (χ1n) is 7.59. The van der Waals surface area contributed by atoms with Gasteiger partial charge in [0, 0.05) is 18.1 Å². The van der Waals surface area contributed by atoms with Crippen LogP contribution in [0.25, 0.3) is 0 Å². The van der Waals surface area contributed by atoms with Crippen molar-refractivity contribution in [2.75, 3.05) is 26.7 Å². The van der Waals surface area contributed by atoms with E-state index >= 15 is 0 Å². The molecule has 1 rings (SSSR count). The van der Waals surface area contributed by atoms with Crippen molar-refractivity contribution >= 4 is 0 Å². The molecule has 3 heteroatoms. The van der Waals surface area contributed by atoms with E-state index < -0.39 is 0 Å². The highest BCUT2D eigenvalue weighted by Gasteiger charge is 2.36. The molecule has 0 radical (unpaired) electrons. The molecule has 1 aliphatic rings. The van der Waals surface area contributed by atoms with Gasteiger partial charge < -0.3 is 15.3 Å². The van der Waals surface area contributed by atoms with Gasteiger partial charge in [-0.15, -0.1) is 0 Å². The first-order valence-corrected chi connectivity index (χ1v) is 7.59. The summed E-state index contributed by atoms with van der Waals surface area (Å²) < 4.78 is 0. The SMILES string of the molecule is CCCNC1(CO)CCCC(N(C)CC(C)C)C1. The molecule has 108 valence electrons. The number of rotatable bonds is 7. The van der Waals surface area contributed by atoms with E-state index in [2.05, 4.69) is 38.0 Å². The van der Waals surface area contributed by atoms with E-state index in [-0.39, 0.29) is 12.1 Å². The molecular formula is C15H32N2O. The van der Waals surface area contributed by atoms with Crippen LogP contribution < -0.4 is 5.32 Å². The Hall–Kier alpha value is -0.120. The average Bonchev–Trinajstić information content (AvgIpc) is 2.36. The van der Waals surface area contributed by atoms with Crippen LogP contribution in [0, 0.1) is 5.92 Å². The minimum Gasteiger partial charge on any atom is -0.394 e. The number of aliphatic hydroxyl groups is 1. The Morgan fingerprint density at radius 2 is 2.17 bits per heavy atom. The predicted octanol–water partition coefficient (Wildman–Crippen LogP) is 2.25. The van der Waals surface area contributed by atoms with Crippen LogP contribution in [-0.4, -0.2) is 48.3 Å². The third-order valence-electron chi connectivity index (χ3n) is 4.15. The van der Waals surface area contributed by atoms with Crippen LogP contribution in [0.4, 0.5) is 0 Å². The Bertz CT molecular complexity index is 233. The van der Waals surface area contributed by atoms with E-state index in [9.17, 15) is 5.11 Å². The lowest BCUT2D eigenvalue weighted by molar-refractivity contribution is 0.0657. The highest BCUT2D eigenvalue weighted by Crippen LogP contribution is 2.31. The molecule has 0 aromatic carbocycles. The summed E-state index contributed by atoms with van der Waals surface area (Å²) in [5.41, 5.74) is -0.0236. The number of hydrogen-bond acceptors (Lipinski definition) is 3. The molecule has 0 saturated heterocycles. The van der Waals surface area contributed by atoms with Gasteiger partial charge in [0.1, 0.15) is 0 Å². The second-order valence-corrected chi connectivity index (χ2v) is 6.45. The maximum absolute atomic E-state index is 9.77. The van der Waals surface area contributed by atoms with Gasteiger partial charge in [0.05, 0.1) is 6.61 Å². The van der Waals surface area contributed by atoms with E-state index in [1.807, 2.05) is 0 Å². The molecule has 0 aromatic heterocycles. The maximum Gasteiger partial charge on any atom is 0.0613 e. The highest BCUT2D eigenvalue weighted by molar-refractivity contribution is 4.96. The zero-order chi connectivity index (χ0) is 13.6. The van der Waals surface area contributed by atoms with Crippen LogP contribution in [0.2, 0.25) is 0 Å². The van der Waals surface area contributed by atoms with Gasteiger partial charge in [0.2, 0.25) is 0 Å². The van der Waals surface area contributed by atoms with E-state index in [4.69, 9.17) is 0 Å². The van der Waals surface area contributed by atoms with Crippen LogP contribution in [-0.2, 0) is 0 Å². The third kappa shape index (κ3) is 4.52. The minimum absolute atomic E-state index is 0.0236. The Morgan fingerprint density at radius 3 is 2.72 bits per heavy atom. The number of aliphatic hydroxyl groups excluding tert-OH is 1. The molecule has 0 spiro atoms. The highest BCUT2D eigenvalue weighted by atomic mass is 16.3. The second kappa shape index (κ2) is 7.46. The first-order chi connectivity index (χ1) is 8.53. The maximum atomic E-state index is 9.77. The summed E-state index contributed by atoms with van der Waals surface area (Å²) in [5.74, 6) is 0.712. The van der Waals surface area contributed by atoms with E-state index in [1.165, 1.54) is 12.8 Å². The fraction of sp³-hybridized carbons (Fsp3) is 1.00. The zero-order valence-corrected chi connectivity index (χ0v) is 12.7. The Kier molecular flexibility index (Phi) is 6.61. The van der Waals surface area contributed by atoms with E-state index in [1.54, 1.807) is 0 Å². The van der Waals surface area contributed by atoms with Crippen molar-refractivity contribution < 1.29 is 5.11 Å². The monoisotopic (exact) mass is 256 g/mol. The normalized spacial score (nSPS) is 29.2. The lowest BCUT2D eigenvalue weighted by atomic mass is 9.78. The standard InChI is InChI=1S/C15H32N2O/c1-5-9-16-15(12-18)8-6-7-14(10-15)17(4)11-13(2)3/h13-14,16,18H,5-12H2,1-4H3. The van der Waals surface area contributed by atoms with Gasteiger partial charge >= 0.3 is 0 Å². The number of hydrogen-bond donors (Lipinski definition) is 2. The number of nitrogens with one attached hydrogen (secondary N) is 1. The molecule has 1 saturated carbocycles. The summed E-state index contributed by atoms with van der Waals surface area (Å²) in [6.07, 6.45) is 5.85. The molecule has 1 fully saturated rings. The second-order valence-electron chi connectivity index (χ2n) is 6.45. The fourth-order valence-electron chi connectivity index (χ4n) is 3.18. The number of nitrogens with zero attached hydrogens (tertiary/aromatic N) is 1. The van der Waals surface area contributed by atoms with Crippen LogP contribution in [0.15, 0.2) is 0 Å². The topological polar surface area (TPSA) is 35.5 Å². The molecule has 2 unspecified atom stereocenters. The molecule has 0 heterocycles. The summed E-state index contributed by atoms with van der Waals surface area (Å²) in [6.45, 7) is 9.17.